The number of hydrogen-bond acceptors (Lipinski definition) is 3. The van der Waals surface area contributed by atoms with E-state index in [9.17, 15) is 13.2 Å². The van der Waals surface area contributed by atoms with Gasteiger partial charge in [0.1, 0.15) is 0 Å². The lowest BCUT2D eigenvalue weighted by Gasteiger charge is -2.24. The number of amides is 1. The predicted molar refractivity (Wildman–Crippen MR) is 103 cm³/mol. The summed E-state index contributed by atoms with van der Waals surface area (Å²) in [6.07, 6.45) is 1.18. The maximum atomic E-state index is 12.2. The Morgan fingerprint density at radius 3 is 2.52 bits per heavy atom. The van der Waals surface area contributed by atoms with E-state index in [-0.39, 0.29) is 18.9 Å². The van der Waals surface area contributed by atoms with E-state index >= 15 is 0 Å². The number of benzene rings is 2. The Morgan fingerprint density at radius 1 is 1.16 bits per heavy atom. The molecular formula is C18H21ClN2O3S. The van der Waals surface area contributed by atoms with E-state index in [2.05, 4.69) is 5.32 Å². The smallest absolute Gasteiger partial charge is 0.232 e. The summed E-state index contributed by atoms with van der Waals surface area (Å²) in [7, 11) is -3.50. The Labute approximate surface area is 153 Å². The molecule has 25 heavy (non-hydrogen) atoms. The van der Waals surface area contributed by atoms with Gasteiger partial charge in [0.2, 0.25) is 15.9 Å². The van der Waals surface area contributed by atoms with Crippen molar-refractivity contribution in [1.82, 2.24) is 0 Å². The second-order valence-corrected chi connectivity index (χ2v) is 8.28. The number of carbonyl (C=O) groups excluding carboxylic acids is 1. The van der Waals surface area contributed by atoms with Gasteiger partial charge in [-0.3, -0.25) is 9.10 Å². The van der Waals surface area contributed by atoms with Gasteiger partial charge in [-0.05, 0) is 49.2 Å². The van der Waals surface area contributed by atoms with E-state index in [4.69, 9.17) is 11.6 Å². The van der Waals surface area contributed by atoms with Gasteiger partial charge >= 0.3 is 0 Å². The molecule has 0 aliphatic rings. The number of halogens is 1. The molecular weight excluding hydrogens is 360 g/mol. The molecule has 2 aromatic carbocycles. The zero-order valence-corrected chi connectivity index (χ0v) is 16.0. The SMILES string of the molecule is Cc1ccc(C)c(N(CCC(=O)Nc2cccc(Cl)c2)S(C)(=O)=O)c1. The number of rotatable bonds is 6. The summed E-state index contributed by atoms with van der Waals surface area (Å²) in [5.74, 6) is -0.277. The average Bonchev–Trinajstić information content (AvgIpc) is 2.49. The summed E-state index contributed by atoms with van der Waals surface area (Å²) in [6.45, 7) is 3.81. The van der Waals surface area contributed by atoms with E-state index in [1.807, 2.05) is 32.0 Å². The minimum Gasteiger partial charge on any atom is -0.326 e. The van der Waals surface area contributed by atoms with Gasteiger partial charge in [0.05, 0.1) is 11.9 Å². The van der Waals surface area contributed by atoms with Crippen LogP contribution in [0.1, 0.15) is 17.5 Å². The largest absolute Gasteiger partial charge is 0.326 e. The molecule has 0 saturated heterocycles. The fraction of sp³-hybridized carbons (Fsp3) is 0.278. The highest BCUT2D eigenvalue weighted by Gasteiger charge is 2.20. The standard InChI is InChI=1S/C18H21ClN2O3S/c1-13-7-8-14(2)17(11-13)21(25(3,23)24)10-9-18(22)20-16-6-4-5-15(19)12-16/h4-8,11-12H,9-10H2,1-3H3,(H,20,22). The summed E-state index contributed by atoms with van der Waals surface area (Å²) in [5.41, 5.74) is 2.97. The molecule has 0 aliphatic heterocycles. The highest BCUT2D eigenvalue weighted by atomic mass is 35.5. The van der Waals surface area contributed by atoms with Crippen molar-refractivity contribution in [2.75, 3.05) is 22.4 Å². The number of nitrogens with zero attached hydrogens (tertiary/aromatic N) is 1. The van der Waals surface area contributed by atoms with Crippen molar-refractivity contribution >= 4 is 38.9 Å². The third-order valence-corrected chi connectivity index (χ3v) is 5.10. The van der Waals surface area contributed by atoms with Crippen LogP contribution in [0.4, 0.5) is 11.4 Å². The molecule has 0 saturated carbocycles. The van der Waals surface area contributed by atoms with Gasteiger partial charge in [0, 0.05) is 23.7 Å². The van der Waals surface area contributed by atoms with Crippen molar-refractivity contribution < 1.29 is 13.2 Å². The van der Waals surface area contributed by atoms with Crippen LogP contribution in [-0.2, 0) is 14.8 Å². The van der Waals surface area contributed by atoms with Crippen LogP contribution in [0.5, 0.6) is 0 Å². The minimum absolute atomic E-state index is 0.0347. The molecule has 134 valence electrons. The molecule has 0 bridgehead atoms. The summed E-state index contributed by atoms with van der Waals surface area (Å²) in [6, 6.07) is 12.4. The molecule has 0 unspecified atom stereocenters. The summed E-state index contributed by atoms with van der Waals surface area (Å²) >= 11 is 5.89. The van der Waals surface area contributed by atoms with Crippen LogP contribution in [0, 0.1) is 13.8 Å². The summed E-state index contributed by atoms with van der Waals surface area (Å²) in [5, 5.41) is 3.24. The third-order valence-electron chi connectivity index (χ3n) is 3.68. The zero-order valence-electron chi connectivity index (χ0n) is 14.4. The molecule has 0 heterocycles. The lowest BCUT2D eigenvalue weighted by molar-refractivity contribution is -0.116. The van der Waals surface area contributed by atoms with Crippen molar-refractivity contribution in [3.05, 3.63) is 58.6 Å². The topological polar surface area (TPSA) is 66.5 Å². The first kappa shape index (κ1) is 19.3. The van der Waals surface area contributed by atoms with E-state index in [1.165, 1.54) is 4.31 Å². The lowest BCUT2D eigenvalue weighted by Crippen LogP contribution is -2.33. The first-order valence-electron chi connectivity index (χ1n) is 7.77. The molecule has 0 aromatic heterocycles. The molecule has 7 heteroatoms. The molecule has 1 N–H and O–H groups in total. The van der Waals surface area contributed by atoms with E-state index < -0.39 is 10.0 Å². The third kappa shape index (κ3) is 5.47. The van der Waals surface area contributed by atoms with Crippen molar-refractivity contribution in [2.45, 2.75) is 20.3 Å². The van der Waals surface area contributed by atoms with Crippen LogP contribution in [0.25, 0.3) is 0 Å². The first-order valence-corrected chi connectivity index (χ1v) is 10.00. The van der Waals surface area contributed by atoms with Crippen LogP contribution in [0.2, 0.25) is 5.02 Å². The van der Waals surface area contributed by atoms with Gasteiger partial charge in [0.25, 0.3) is 0 Å². The fourth-order valence-corrected chi connectivity index (χ4v) is 3.61. The van der Waals surface area contributed by atoms with Crippen LogP contribution >= 0.6 is 11.6 Å². The Balaban J connectivity index is 2.13. The zero-order chi connectivity index (χ0) is 18.6. The van der Waals surface area contributed by atoms with Gasteiger partial charge in [-0.15, -0.1) is 0 Å². The average molecular weight is 381 g/mol. The number of anilines is 2. The van der Waals surface area contributed by atoms with Crippen molar-refractivity contribution in [3.8, 4) is 0 Å². The van der Waals surface area contributed by atoms with Crippen LogP contribution < -0.4 is 9.62 Å². The summed E-state index contributed by atoms with van der Waals surface area (Å²) in [4.78, 5) is 12.2. The predicted octanol–water partition coefficient (Wildman–Crippen LogP) is 3.75. The molecule has 2 rings (SSSR count). The highest BCUT2D eigenvalue weighted by molar-refractivity contribution is 7.92. The van der Waals surface area contributed by atoms with Crippen LogP contribution in [0.3, 0.4) is 0 Å². The molecule has 2 aromatic rings. The number of carbonyl (C=O) groups is 1. The van der Waals surface area contributed by atoms with Gasteiger partial charge in [-0.1, -0.05) is 29.8 Å². The Hall–Kier alpha value is -2.05. The highest BCUT2D eigenvalue weighted by Crippen LogP contribution is 2.24. The Bertz CT molecular complexity index is 882. The maximum absolute atomic E-state index is 12.2. The van der Waals surface area contributed by atoms with E-state index in [0.29, 0.717) is 16.4 Å². The number of sulfonamides is 1. The molecule has 0 fully saturated rings. The van der Waals surface area contributed by atoms with Gasteiger partial charge < -0.3 is 5.32 Å². The van der Waals surface area contributed by atoms with Crippen LogP contribution in [0.15, 0.2) is 42.5 Å². The molecule has 5 nitrogen and oxygen atoms in total. The normalized spacial score (nSPS) is 11.2. The summed E-state index contributed by atoms with van der Waals surface area (Å²) < 4.78 is 25.6. The van der Waals surface area contributed by atoms with Gasteiger partial charge in [-0.25, -0.2) is 8.42 Å². The van der Waals surface area contributed by atoms with Gasteiger partial charge in [-0.2, -0.15) is 0 Å². The maximum Gasteiger partial charge on any atom is 0.232 e. The molecule has 0 radical (unpaired) electrons. The number of nitrogens with one attached hydrogen (secondary N) is 1. The van der Waals surface area contributed by atoms with E-state index in [1.54, 1.807) is 24.3 Å². The second-order valence-electron chi connectivity index (χ2n) is 5.93. The van der Waals surface area contributed by atoms with Crippen molar-refractivity contribution in [3.63, 3.8) is 0 Å². The Morgan fingerprint density at radius 2 is 1.88 bits per heavy atom. The first-order chi connectivity index (χ1) is 11.7. The lowest BCUT2D eigenvalue weighted by atomic mass is 10.1. The molecule has 1 amide bonds. The quantitative estimate of drug-likeness (QED) is 0.829. The van der Waals surface area contributed by atoms with Crippen molar-refractivity contribution in [1.29, 1.82) is 0 Å². The molecule has 0 aliphatic carbocycles. The fourth-order valence-electron chi connectivity index (χ4n) is 2.45. The van der Waals surface area contributed by atoms with Crippen molar-refractivity contribution in [2.24, 2.45) is 0 Å². The van der Waals surface area contributed by atoms with Crippen LogP contribution in [-0.4, -0.2) is 27.1 Å². The van der Waals surface area contributed by atoms with E-state index in [0.717, 1.165) is 17.4 Å². The number of aryl methyl sites for hydroxylation is 2. The molecule has 0 atom stereocenters. The number of hydrogen-bond donors (Lipinski definition) is 1. The van der Waals surface area contributed by atoms with Gasteiger partial charge in [0.15, 0.2) is 0 Å². The Kier molecular flexibility index (Phi) is 6.08. The second kappa shape index (κ2) is 7.89. The molecule has 0 spiro atoms. The minimum atomic E-state index is -3.50. The monoisotopic (exact) mass is 380 g/mol.